The molecule has 0 bridgehead atoms. The van der Waals surface area contributed by atoms with Crippen LogP contribution in [-0.4, -0.2) is 12.6 Å². The van der Waals surface area contributed by atoms with Crippen molar-refractivity contribution in [3.63, 3.8) is 0 Å². The lowest BCUT2D eigenvalue weighted by Gasteiger charge is -2.17. The van der Waals surface area contributed by atoms with Gasteiger partial charge in [0.2, 0.25) is 0 Å². The van der Waals surface area contributed by atoms with Crippen LogP contribution < -0.4 is 5.32 Å². The lowest BCUT2D eigenvalue weighted by Crippen LogP contribution is -2.09. The lowest BCUT2D eigenvalue weighted by molar-refractivity contribution is 0.0526. The van der Waals surface area contributed by atoms with Crippen LogP contribution in [0.3, 0.4) is 0 Å². The minimum absolute atomic E-state index is 0. The van der Waals surface area contributed by atoms with Crippen molar-refractivity contribution >= 4 is 40.0 Å². The fourth-order valence-electron chi connectivity index (χ4n) is 2.04. The quantitative estimate of drug-likeness (QED) is 0.718. The van der Waals surface area contributed by atoms with Gasteiger partial charge in [-0.05, 0) is 59.6 Å². The summed E-state index contributed by atoms with van der Waals surface area (Å²) >= 11 is 3.52. The number of carbonyl (C=O) groups excluding carboxylic acids is 1. The number of benzene rings is 2. The smallest absolute Gasteiger partial charge is 0.338 e. The van der Waals surface area contributed by atoms with Crippen molar-refractivity contribution in [2.75, 3.05) is 11.9 Å². The molecule has 2 aromatic rings. The van der Waals surface area contributed by atoms with Gasteiger partial charge in [0.05, 0.1) is 12.2 Å². The van der Waals surface area contributed by atoms with Crippen LogP contribution in [0, 0.1) is 0 Å². The number of nitrogens with one attached hydrogen (secondary N) is 1. The van der Waals surface area contributed by atoms with Gasteiger partial charge in [-0.25, -0.2) is 4.79 Å². The Labute approximate surface area is 145 Å². The van der Waals surface area contributed by atoms with E-state index in [2.05, 4.69) is 28.2 Å². The molecule has 0 heterocycles. The minimum atomic E-state index is -0.285. The van der Waals surface area contributed by atoms with Crippen molar-refractivity contribution in [1.29, 1.82) is 0 Å². The number of ether oxygens (including phenoxy) is 1. The zero-order valence-corrected chi connectivity index (χ0v) is 14.9. The third kappa shape index (κ3) is 4.75. The van der Waals surface area contributed by atoms with Crippen LogP contribution in [0.5, 0.6) is 0 Å². The molecule has 0 unspecified atom stereocenters. The van der Waals surface area contributed by atoms with Gasteiger partial charge < -0.3 is 10.1 Å². The summed E-state index contributed by atoms with van der Waals surface area (Å²) in [7, 11) is 0. The van der Waals surface area contributed by atoms with Gasteiger partial charge in [-0.3, -0.25) is 0 Å². The zero-order valence-electron chi connectivity index (χ0n) is 12.5. The molecule has 0 fully saturated rings. The molecule has 0 spiro atoms. The van der Waals surface area contributed by atoms with Gasteiger partial charge in [0, 0.05) is 16.2 Å². The number of hydrogen-bond donors (Lipinski definition) is 1. The maximum Gasteiger partial charge on any atom is 0.338 e. The van der Waals surface area contributed by atoms with Crippen molar-refractivity contribution in [3.05, 3.63) is 64.1 Å². The Morgan fingerprint density at radius 1 is 1.23 bits per heavy atom. The highest BCUT2D eigenvalue weighted by molar-refractivity contribution is 9.10. The molecule has 0 saturated heterocycles. The minimum Gasteiger partial charge on any atom is -0.462 e. The molecular weight excluding hydrogens is 366 g/mol. The second-order valence-corrected chi connectivity index (χ2v) is 5.55. The van der Waals surface area contributed by atoms with E-state index in [4.69, 9.17) is 4.74 Å². The fourth-order valence-corrected chi connectivity index (χ4v) is 2.44. The molecule has 3 nitrogen and oxygen atoms in total. The van der Waals surface area contributed by atoms with Gasteiger partial charge in [0.25, 0.3) is 0 Å². The predicted octanol–water partition coefficient (Wildman–Crippen LogP) is 5.22. The number of hydrogen-bond acceptors (Lipinski definition) is 3. The van der Waals surface area contributed by atoms with E-state index in [0.29, 0.717) is 12.2 Å². The Hall–Kier alpha value is -1.52. The zero-order chi connectivity index (χ0) is 15.2. The summed E-state index contributed by atoms with van der Waals surface area (Å²) in [6, 6.07) is 15.5. The highest BCUT2D eigenvalue weighted by Crippen LogP contribution is 2.26. The van der Waals surface area contributed by atoms with Gasteiger partial charge in [0.15, 0.2) is 0 Å². The van der Waals surface area contributed by atoms with Crippen molar-refractivity contribution < 1.29 is 9.53 Å². The van der Waals surface area contributed by atoms with E-state index >= 15 is 0 Å². The summed E-state index contributed by atoms with van der Waals surface area (Å²) in [5.41, 5.74) is 2.64. The highest BCUT2D eigenvalue weighted by Gasteiger charge is 2.11. The maximum atomic E-state index is 11.8. The van der Waals surface area contributed by atoms with Gasteiger partial charge in [0.1, 0.15) is 0 Å². The van der Waals surface area contributed by atoms with Gasteiger partial charge in [-0.15, -0.1) is 12.4 Å². The molecule has 0 saturated carbocycles. The van der Waals surface area contributed by atoms with Crippen molar-refractivity contribution in [2.45, 2.75) is 19.9 Å². The van der Waals surface area contributed by atoms with Crippen LogP contribution >= 0.6 is 28.3 Å². The van der Waals surface area contributed by atoms with E-state index in [1.54, 1.807) is 13.0 Å². The lowest BCUT2D eigenvalue weighted by atomic mass is 10.0. The molecule has 0 aliphatic heterocycles. The van der Waals surface area contributed by atoms with E-state index in [9.17, 15) is 4.79 Å². The van der Waals surface area contributed by atoms with Gasteiger partial charge >= 0.3 is 5.97 Å². The van der Waals surface area contributed by atoms with Crippen molar-refractivity contribution in [3.8, 4) is 0 Å². The summed E-state index contributed by atoms with van der Waals surface area (Å²) in [6.07, 6.45) is 0. The van der Waals surface area contributed by atoms with Crippen LogP contribution in [0.25, 0.3) is 0 Å². The number of halogens is 2. The average molecular weight is 385 g/mol. The van der Waals surface area contributed by atoms with Crippen LogP contribution in [-0.2, 0) is 4.74 Å². The van der Waals surface area contributed by atoms with Crippen molar-refractivity contribution in [2.24, 2.45) is 0 Å². The second kappa shape index (κ2) is 8.81. The molecule has 0 amide bonds. The van der Waals surface area contributed by atoms with Crippen LogP contribution in [0.15, 0.2) is 53.0 Å². The molecule has 0 aliphatic rings. The first-order valence-corrected chi connectivity index (χ1v) is 7.69. The van der Waals surface area contributed by atoms with E-state index < -0.39 is 0 Å². The Kier molecular flexibility index (Phi) is 7.42. The molecule has 5 heteroatoms. The standard InChI is InChI=1S/C17H18BrNO2.ClH/c1-3-21-17(20)14-8-6-7-13(11-14)12(2)19-16-10-5-4-9-15(16)18;/h4-12,19H,3H2,1-2H3;1H/t12-;/m0./s1. The van der Waals surface area contributed by atoms with Crippen LogP contribution in [0.2, 0.25) is 0 Å². The molecule has 1 atom stereocenters. The molecule has 22 heavy (non-hydrogen) atoms. The number of rotatable bonds is 5. The first-order valence-electron chi connectivity index (χ1n) is 6.90. The first kappa shape index (κ1) is 18.5. The molecule has 2 aromatic carbocycles. The Morgan fingerprint density at radius 3 is 2.64 bits per heavy atom. The molecular formula is C17H19BrClNO2. The van der Waals surface area contributed by atoms with Crippen LogP contribution in [0.4, 0.5) is 5.69 Å². The third-order valence-electron chi connectivity index (χ3n) is 3.14. The van der Waals surface area contributed by atoms with Crippen LogP contribution in [0.1, 0.15) is 35.8 Å². The number of anilines is 1. The number of esters is 1. The fraction of sp³-hybridized carbons (Fsp3) is 0.235. The molecule has 0 radical (unpaired) electrons. The number of para-hydroxylation sites is 1. The molecule has 0 aromatic heterocycles. The normalized spacial score (nSPS) is 11.2. The van der Waals surface area contributed by atoms with Crippen molar-refractivity contribution in [1.82, 2.24) is 0 Å². The average Bonchev–Trinajstić information content (AvgIpc) is 2.50. The molecule has 1 N–H and O–H groups in total. The second-order valence-electron chi connectivity index (χ2n) is 4.69. The molecule has 2 rings (SSSR count). The van der Waals surface area contributed by atoms with E-state index in [0.717, 1.165) is 15.7 Å². The SMILES string of the molecule is CCOC(=O)c1cccc([C@H](C)Nc2ccccc2Br)c1.Cl. The van der Waals surface area contributed by atoms with E-state index in [1.165, 1.54) is 0 Å². The largest absolute Gasteiger partial charge is 0.462 e. The van der Waals surface area contributed by atoms with E-state index in [1.807, 2.05) is 42.5 Å². The predicted molar refractivity (Wildman–Crippen MR) is 95.8 cm³/mol. The highest BCUT2D eigenvalue weighted by atomic mass is 79.9. The Morgan fingerprint density at radius 2 is 1.95 bits per heavy atom. The Bertz CT molecular complexity index is 634. The maximum absolute atomic E-state index is 11.8. The summed E-state index contributed by atoms with van der Waals surface area (Å²) < 4.78 is 6.05. The topological polar surface area (TPSA) is 38.3 Å². The summed E-state index contributed by atoms with van der Waals surface area (Å²) in [5, 5.41) is 3.43. The monoisotopic (exact) mass is 383 g/mol. The summed E-state index contributed by atoms with van der Waals surface area (Å²) in [6.45, 7) is 4.25. The summed E-state index contributed by atoms with van der Waals surface area (Å²) in [5.74, 6) is -0.285. The van der Waals surface area contributed by atoms with Gasteiger partial charge in [-0.1, -0.05) is 24.3 Å². The van der Waals surface area contributed by atoms with Gasteiger partial charge in [-0.2, -0.15) is 0 Å². The third-order valence-corrected chi connectivity index (χ3v) is 3.84. The Balaban J connectivity index is 0.00000242. The summed E-state index contributed by atoms with van der Waals surface area (Å²) in [4.78, 5) is 11.8. The molecule has 118 valence electrons. The van der Waals surface area contributed by atoms with E-state index in [-0.39, 0.29) is 24.4 Å². The first-order chi connectivity index (χ1) is 10.1. The molecule has 0 aliphatic carbocycles. The number of carbonyl (C=O) groups is 1.